The summed E-state index contributed by atoms with van der Waals surface area (Å²) in [7, 11) is 0. The Bertz CT molecular complexity index is 276. The number of likely N-dealkylation sites (N-methyl/N-ethyl adjacent to an activating group) is 1. The van der Waals surface area contributed by atoms with E-state index in [0.29, 0.717) is 0 Å². The van der Waals surface area contributed by atoms with Crippen molar-refractivity contribution in [2.45, 2.75) is 13.3 Å². The molecule has 0 atom stereocenters. The van der Waals surface area contributed by atoms with Crippen molar-refractivity contribution in [3.8, 4) is 0 Å². The van der Waals surface area contributed by atoms with Crippen molar-refractivity contribution in [1.29, 1.82) is 0 Å². The average Bonchev–Trinajstić information content (AvgIpc) is 2.11. The van der Waals surface area contributed by atoms with E-state index in [2.05, 4.69) is 34.2 Å². The smallest absolute Gasteiger partial charge is 0.0439 e. The van der Waals surface area contributed by atoms with Crippen LogP contribution in [-0.2, 0) is 6.42 Å². The summed E-state index contributed by atoms with van der Waals surface area (Å²) in [5.41, 5.74) is 1.19. The molecule has 0 fully saturated rings. The molecule has 0 heterocycles. The predicted molar refractivity (Wildman–Crippen MR) is 61.4 cm³/mol. The number of hydrogen-bond donors (Lipinski definition) is 1. The van der Waals surface area contributed by atoms with E-state index in [-0.39, 0.29) is 0 Å². The van der Waals surface area contributed by atoms with E-state index in [1.807, 2.05) is 12.1 Å². The van der Waals surface area contributed by atoms with Crippen LogP contribution in [0.25, 0.3) is 0 Å². The fourth-order valence-corrected chi connectivity index (χ4v) is 1.76. The highest BCUT2D eigenvalue weighted by molar-refractivity contribution is 9.10. The molecule has 0 unspecified atom stereocenters. The van der Waals surface area contributed by atoms with Gasteiger partial charge in [0.05, 0.1) is 0 Å². The van der Waals surface area contributed by atoms with Gasteiger partial charge in [-0.3, -0.25) is 0 Å². The van der Waals surface area contributed by atoms with Gasteiger partial charge in [0.25, 0.3) is 0 Å². The van der Waals surface area contributed by atoms with Crippen LogP contribution < -0.4 is 5.32 Å². The van der Waals surface area contributed by atoms with Gasteiger partial charge in [-0.05, 0) is 43.3 Å². The van der Waals surface area contributed by atoms with Crippen molar-refractivity contribution in [2.24, 2.45) is 0 Å². The minimum absolute atomic E-state index is 0.848. The molecule has 0 radical (unpaired) electrons. The van der Waals surface area contributed by atoms with E-state index in [1.165, 1.54) is 5.56 Å². The fourth-order valence-electron chi connectivity index (χ4n) is 1.13. The topological polar surface area (TPSA) is 12.0 Å². The summed E-state index contributed by atoms with van der Waals surface area (Å²) < 4.78 is 1.09. The molecule has 0 aliphatic carbocycles. The maximum atomic E-state index is 6.03. The monoisotopic (exact) mass is 261 g/mol. The Kier molecular flexibility index (Phi) is 4.78. The highest BCUT2D eigenvalue weighted by Gasteiger charge is 1.99. The molecule has 0 saturated heterocycles. The van der Waals surface area contributed by atoms with E-state index < -0.39 is 0 Å². The van der Waals surface area contributed by atoms with Crippen LogP contribution in [0, 0.1) is 0 Å². The summed E-state index contributed by atoms with van der Waals surface area (Å²) in [6.07, 6.45) is 0.978. The SMILES string of the molecule is CCNCCc1cc(Br)ccc1Cl. The van der Waals surface area contributed by atoms with Gasteiger partial charge in [-0.25, -0.2) is 0 Å². The van der Waals surface area contributed by atoms with Gasteiger partial charge in [-0.2, -0.15) is 0 Å². The predicted octanol–water partition coefficient (Wildman–Crippen LogP) is 3.25. The molecule has 1 aromatic carbocycles. The van der Waals surface area contributed by atoms with E-state index in [9.17, 15) is 0 Å². The molecule has 0 aromatic heterocycles. The number of rotatable bonds is 4. The first-order chi connectivity index (χ1) is 6.24. The molecule has 0 aliphatic rings. The normalized spacial score (nSPS) is 10.4. The molecule has 13 heavy (non-hydrogen) atoms. The summed E-state index contributed by atoms with van der Waals surface area (Å²) in [4.78, 5) is 0. The van der Waals surface area contributed by atoms with Crippen LogP contribution in [-0.4, -0.2) is 13.1 Å². The summed E-state index contributed by atoms with van der Waals surface area (Å²) in [5.74, 6) is 0. The number of hydrogen-bond acceptors (Lipinski definition) is 1. The Morgan fingerprint density at radius 1 is 1.46 bits per heavy atom. The van der Waals surface area contributed by atoms with Crippen LogP contribution in [0.2, 0.25) is 5.02 Å². The lowest BCUT2D eigenvalue weighted by atomic mass is 10.1. The van der Waals surface area contributed by atoms with Gasteiger partial charge in [0.15, 0.2) is 0 Å². The third kappa shape index (κ3) is 3.67. The van der Waals surface area contributed by atoms with Gasteiger partial charge in [0.1, 0.15) is 0 Å². The van der Waals surface area contributed by atoms with Crippen LogP contribution in [0.15, 0.2) is 22.7 Å². The van der Waals surface area contributed by atoms with E-state index in [4.69, 9.17) is 11.6 Å². The van der Waals surface area contributed by atoms with Crippen molar-refractivity contribution in [2.75, 3.05) is 13.1 Å². The molecule has 1 nitrogen and oxygen atoms in total. The zero-order valence-corrected chi connectivity index (χ0v) is 9.95. The zero-order chi connectivity index (χ0) is 9.68. The van der Waals surface area contributed by atoms with E-state index in [1.54, 1.807) is 0 Å². The lowest BCUT2D eigenvalue weighted by Gasteiger charge is -2.05. The summed E-state index contributed by atoms with van der Waals surface area (Å²) >= 11 is 9.45. The standard InChI is InChI=1S/C10H13BrClN/c1-2-13-6-5-8-7-9(11)3-4-10(8)12/h3-4,7,13H,2,5-6H2,1H3. The molecular formula is C10H13BrClN. The lowest BCUT2D eigenvalue weighted by Crippen LogP contribution is -2.16. The van der Waals surface area contributed by atoms with Crippen LogP contribution in [0.4, 0.5) is 0 Å². The van der Waals surface area contributed by atoms with E-state index >= 15 is 0 Å². The summed E-state index contributed by atoms with van der Waals surface area (Å²) in [6.45, 7) is 4.08. The van der Waals surface area contributed by atoms with Crippen molar-refractivity contribution < 1.29 is 0 Å². The number of nitrogens with one attached hydrogen (secondary N) is 1. The zero-order valence-electron chi connectivity index (χ0n) is 7.61. The van der Waals surface area contributed by atoms with Gasteiger partial charge in [-0.1, -0.05) is 34.5 Å². The Labute approximate surface area is 92.6 Å². The molecule has 1 N–H and O–H groups in total. The first-order valence-corrected chi connectivity index (χ1v) is 5.55. The Morgan fingerprint density at radius 2 is 2.23 bits per heavy atom. The molecule has 3 heteroatoms. The first-order valence-electron chi connectivity index (χ1n) is 4.38. The van der Waals surface area contributed by atoms with Gasteiger partial charge < -0.3 is 5.32 Å². The highest BCUT2D eigenvalue weighted by atomic mass is 79.9. The molecule has 0 bridgehead atoms. The van der Waals surface area contributed by atoms with Gasteiger partial charge >= 0.3 is 0 Å². The van der Waals surface area contributed by atoms with Crippen molar-refractivity contribution in [3.05, 3.63) is 33.3 Å². The van der Waals surface area contributed by atoms with Crippen molar-refractivity contribution >= 4 is 27.5 Å². The molecular weight excluding hydrogens is 249 g/mol. The van der Waals surface area contributed by atoms with E-state index in [0.717, 1.165) is 29.0 Å². The highest BCUT2D eigenvalue weighted by Crippen LogP contribution is 2.20. The summed E-state index contributed by atoms with van der Waals surface area (Å²) in [5, 5.41) is 4.12. The van der Waals surface area contributed by atoms with Gasteiger partial charge in [0, 0.05) is 9.50 Å². The average molecular weight is 263 g/mol. The second-order valence-electron chi connectivity index (χ2n) is 2.84. The molecule has 0 amide bonds. The molecule has 1 rings (SSSR count). The first kappa shape index (κ1) is 11.0. The van der Waals surface area contributed by atoms with Crippen molar-refractivity contribution in [3.63, 3.8) is 0 Å². The lowest BCUT2D eigenvalue weighted by molar-refractivity contribution is 0.716. The fraction of sp³-hybridized carbons (Fsp3) is 0.400. The summed E-state index contributed by atoms with van der Waals surface area (Å²) in [6, 6.07) is 5.95. The van der Waals surface area contributed by atoms with Crippen molar-refractivity contribution in [1.82, 2.24) is 5.32 Å². The molecule has 0 saturated carbocycles. The molecule has 1 aromatic rings. The minimum Gasteiger partial charge on any atom is -0.317 e. The Balaban J connectivity index is 2.59. The maximum absolute atomic E-state index is 6.03. The molecule has 0 aliphatic heterocycles. The van der Waals surface area contributed by atoms with Crippen LogP contribution in [0.5, 0.6) is 0 Å². The molecule has 72 valence electrons. The van der Waals surface area contributed by atoms with Crippen LogP contribution in [0.1, 0.15) is 12.5 Å². The van der Waals surface area contributed by atoms with Crippen LogP contribution >= 0.6 is 27.5 Å². The van der Waals surface area contributed by atoms with Gasteiger partial charge in [0.2, 0.25) is 0 Å². The second-order valence-corrected chi connectivity index (χ2v) is 4.16. The maximum Gasteiger partial charge on any atom is 0.0439 e. The minimum atomic E-state index is 0.848. The number of halogens is 2. The third-order valence-electron chi connectivity index (χ3n) is 1.83. The molecule has 0 spiro atoms. The second kappa shape index (κ2) is 5.63. The Hall–Kier alpha value is -0.0500. The Morgan fingerprint density at radius 3 is 2.92 bits per heavy atom. The van der Waals surface area contributed by atoms with Gasteiger partial charge in [-0.15, -0.1) is 0 Å². The van der Waals surface area contributed by atoms with Crippen LogP contribution in [0.3, 0.4) is 0 Å². The number of benzene rings is 1. The third-order valence-corrected chi connectivity index (χ3v) is 2.69. The quantitative estimate of drug-likeness (QED) is 0.822. The largest absolute Gasteiger partial charge is 0.317 e.